The van der Waals surface area contributed by atoms with Crippen LogP contribution < -0.4 is 10.0 Å². The van der Waals surface area contributed by atoms with Crippen LogP contribution >= 0.6 is 15.9 Å². The molecule has 110 valence electrons. The van der Waals surface area contributed by atoms with Crippen molar-refractivity contribution in [1.82, 2.24) is 10.3 Å². The van der Waals surface area contributed by atoms with Gasteiger partial charge in [0.15, 0.2) is 0 Å². The monoisotopic (exact) mass is 369 g/mol. The smallest absolute Gasteiger partial charge is 0.263 e. The predicted octanol–water partition coefficient (Wildman–Crippen LogP) is 2.00. The molecular weight excluding hydrogens is 358 g/mol. The number of pyridine rings is 1. The van der Waals surface area contributed by atoms with Crippen molar-refractivity contribution in [2.75, 3.05) is 11.8 Å². The first-order valence-corrected chi connectivity index (χ1v) is 8.16. The van der Waals surface area contributed by atoms with Gasteiger partial charge in [-0.15, -0.1) is 0 Å². The lowest BCUT2D eigenvalue weighted by Crippen LogP contribution is -2.18. The Morgan fingerprint density at radius 3 is 2.43 bits per heavy atom. The number of carbonyl (C=O) groups is 1. The third kappa shape index (κ3) is 3.79. The first kappa shape index (κ1) is 15.5. The van der Waals surface area contributed by atoms with Crippen LogP contribution in [0, 0.1) is 0 Å². The van der Waals surface area contributed by atoms with Crippen molar-refractivity contribution in [3.05, 3.63) is 52.6 Å². The first-order valence-electron chi connectivity index (χ1n) is 5.89. The topological polar surface area (TPSA) is 88.2 Å². The van der Waals surface area contributed by atoms with E-state index in [0.29, 0.717) is 10.0 Å². The number of anilines is 1. The van der Waals surface area contributed by atoms with E-state index >= 15 is 0 Å². The highest BCUT2D eigenvalue weighted by Crippen LogP contribution is 2.18. The Morgan fingerprint density at radius 1 is 1.19 bits per heavy atom. The van der Waals surface area contributed by atoms with Gasteiger partial charge in [0.05, 0.1) is 4.90 Å². The molecule has 21 heavy (non-hydrogen) atoms. The van der Waals surface area contributed by atoms with Crippen molar-refractivity contribution in [2.24, 2.45) is 0 Å². The molecule has 2 N–H and O–H groups in total. The molecule has 1 aromatic heterocycles. The summed E-state index contributed by atoms with van der Waals surface area (Å²) in [5, 5.41) is 2.47. The lowest BCUT2D eigenvalue weighted by atomic mass is 10.2. The van der Waals surface area contributed by atoms with Crippen LogP contribution in [0.3, 0.4) is 0 Å². The second-order valence-corrected chi connectivity index (χ2v) is 6.67. The van der Waals surface area contributed by atoms with Crippen LogP contribution in [0.15, 0.2) is 52.0 Å². The average molecular weight is 370 g/mol. The summed E-state index contributed by atoms with van der Waals surface area (Å²) in [7, 11) is -2.24. The molecule has 0 aliphatic rings. The number of aromatic nitrogens is 1. The van der Waals surface area contributed by atoms with E-state index in [-0.39, 0.29) is 16.6 Å². The number of nitrogens with one attached hydrogen (secondary N) is 2. The van der Waals surface area contributed by atoms with Gasteiger partial charge >= 0.3 is 0 Å². The van der Waals surface area contributed by atoms with Crippen molar-refractivity contribution >= 4 is 37.7 Å². The first-order chi connectivity index (χ1) is 9.92. The van der Waals surface area contributed by atoms with Gasteiger partial charge in [-0.3, -0.25) is 9.52 Å². The Bertz CT molecular complexity index is 760. The minimum atomic E-state index is -3.74. The molecule has 1 heterocycles. The van der Waals surface area contributed by atoms with Gasteiger partial charge < -0.3 is 5.32 Å². The third-order valence-electron chi connectivity index (χ3n) is 2.61. The molecule has 0 unspecified atom stereocenters. The zero-order valence-electron chi connectivity index (χ0n) is 11.0. The largest absolute Gasteiger partial charge is 0.355 e. The maximum atomic E-state index is 12.2. The number of hydrogen-bond acceptors (Lipinski definition) is 4. The van der Waals surface area contributed by atoms with Crippen molar-refractivity contribution in [2.45, 2.75) is 4.90 Å². The van der Waals surface area contributed by atoms with E-state index in [9.17, 15) is 13.2 Å². The Hall–Kier alpha value is -1.93. The third-order valence-corrected chi connectivity index (χ3v) is 4.48. The van der Waals surface area contributed by atoms with E-state index in [1.54, 1.807) is 12.1 Å². The number of carbonyl (C=O) groups excluding carboxylic acids is 1. The number of rotatable bonds is 4. The van der Waals surface area contributed by atoms with Crippen molar-refractivity contribution in [3.8, 4) is 0 Å². The standard InChI is InChI=1S/C13H12BrN3O3S/c1-15-13(18)9-2-4-11(5-3-9)21(19,20)17-12-8-10(14)6-7-16-12/h2-8H,1H3,(H,15,18)(H,16,17). The summed E-state index contributed by atoms with van der Waals surface area (Å²) in [5.74, 6) is -0.0692. The highest BCUT2D eigenvalue weighted by atomic mass is 79.9. The molecule has 0 spiro atoms. The summed E-state index contributed by atoms with van der Waals surface area (Å²) in [4.78, 5) is 15.4. The van der Waals surface area contributed by atoms with Crippen LogP contribution in [0.4, 0.5) is 5.82 Å². The zero-order valence-corrected chi connectivity index (χ0v) is 13.4. The highest BCUT2D eigenvalue weighted by molar-refractivity contribution is 9.10. The number of amides is 1. The maximum Gasteiger partial charge on any atom is 0.263 e. The summed E-state index contributed by atoms with van der Waals surface area (Å²) >= 11 is 3.24. The van der Waals surface area contributed by atoms with Crippen LogP contribution in [0.5, 0.6) is 0 Å². The number of sulfonamides is 1. The summed E-state index contributed by atoms with van der Waals surface area (Å²) in [5.41, 5.74) is 0.386. The second-order valence-electron chi connectivity index (χ2n) is 4.07. The number of halogens is 1. The number of nitrogens with zero attached hydrogens (tertiary/aromatic N) is 1. The van der Waals surface area contributed by atoms with Gasteiger partial charge in [0.2, 0.25) is 0 Å². The number of benzene rings is 1. The second kappa shape index (κ2) is 6.23. The van der Waals surface area contributed by atoms with Crippen LogP contribution in [-0.2, 0) is 10.0 Å². The van der Waals surface area contributed by atoms with E-state index < -0.39 is 10.0 Å². The van der Waals surface area contributed by atoms with Gasteiger partial charge in [0.25, 0.3) is 15.9 Å². The van der Waals surface area contributed by atoms with Crippen molar-refractivity contribution in [1.29, 1.82) is 0 Å². The molecule has 8 heteroatoms. The molecule has 0 bridgehead atoms. The van der Waals surface area contributed by atoms with Gasteiger partial charge in [-0.05, 0) is 36.4 Å². The predicted molar refractivity (Wildman–Crippen MR) is 82.6 cm³/mol. The Balaban J connectivity index is 2.25. The molecule has 0 radical (unpaired) electrons. The SMILES string of the molecule is CNC(=O)c1ccc(S(=O)(=O)Nc2cc(Br)ccn2)cc1. The fourth-order valence-electron chi connectivity index (χ4n) is 1.59. The summed E-state index contributed by atoms with van der Waals surface area (Å²) < 4.78 is 27.5. The van der Waals surface area contributed by atoms with Crippen LogP contribution in [0.1, 0.15) is 10.4 Å². The zero-order chi connectivity index (χ0) is 15.5. The summed E-state index contributed by atoms with van der Waals surface area (Å²) in [6, 6.07) is 8.87. The Morgan fingerprint density at radius 2 is 1.86 bits per heavy atom. The van der Waals surface area contributed by atoms with Gasteiger partial charge in [-0.2, -0.15) is 0 Å². The molecular formula is C13H12BrN3O3S. The van der Waals surface area contributed by atoms with E-state index in [1.165, 1.54) is 37.5 Å². The van der Waals surface area contributed by atoms with Crippen molar-refractivity contribution in [3.63, 3.8) is 0 Å². The lowest BCUT2D eigenvalue weighted by molar-refractivity contribution is 0.0963. The van der Waals surface area contributed by atoms with Gasteiger partial charge in [0, 0.05) is 23.3 Å². The molecule has 6 nitrogen and oxygen atoms in total. The fourth-order valence-corrected chi connectivity index (χ4v) is 2.92. The quantitative estimate of drug-likeness (QED) is 0.862. The van der Waals surface area contributed by atoms with Gasteiger partial charge in [-0.1, -0.05) is 15.9 Å². The molecule has 0 atom stereocenters. The Labute approximate surface area is 130 Å². The Kier molecular flexibility index (Phi) is 4.59. The number of hydrogen-bond donors (Lipinski definition) is 2. The molecule has 2 aromatic rings. The van der Waals surface area contributed by atoms with E-state index in [1.807, 2.05) is 0 Å². The molecule has 1 amide bonds. The minimum Gasteiger partial charge on any atom is -0.355 e. The maximum absolute atomic E-state index is 12.2. The van der Waals surface area contributed by atoms with E-state index in [2.05, 4.69) is 31.0 Å². The summed E-state index contributed by atoms with van der Waals surface area (Å²) in [6.07, 6.45) is 1.48. The van der Waals surface area contributed by atoms with Crippen LogP contribution in [0.25, 0.3) is 0 Å². The molecule has 0 saturated heterocycles. The van der Waals surface area contributed by atoms with E-state index in [0.717, 1.165) is 0 Å². The fraction of sp³-hybridized carbons (Fsp3) is 0.0769. The highest BCUT2D eigenvalue weighted by Gasteiger charge is 2.15. The van der Waals surface area contributed by atoms with Crippen LogP contribution in [-0.4, -0.2) is 26.4 Å². The van der Waals surface area contributed by atoms with Gasteiger partial charge in [-0.25, -0.2) is 13.4 Å². The molecule has 0 aliphatic carbocycles. The van der Waals surface area contributed by atoms with Gasteiger partial charge in [0.1, 0.15) is 5.82 Å². The van der Waals surface area contributed by atoms with E-state index in [4.69, 9.17) is 0 Å². The molecule has 0 fully saturated rings. The minimum absolute atomic E-state index is 0.0527. The summed E-state index contributed by atoms with van der Waals surface area (Å²) in [6.45, 7) is 0. The normalized spacial score (nSPS) is 11.0. The molecule has 2 rings (SSSR count). The molecule has 1 aromatic carbocycles. The molecule has 0 saturated carbocycles. The van der Waals surface area contributed by atoms with Crippen LogP contribution in [0.2, 0.25) is 0 Å². The average Bonchev–Trinajstić information content (AvgIpc) is 2.46. The van der Waals surface area contributed by atoms with Crippen molar-refractivity contribution < 1.29 is 13.2 Å². The lowest BCUT2D eigenvalue weighted by Gasteiger charge is -2.08. The molecule has 0 aliphatic heterocycles.